The van der Waals surface area contributed by atoms with Crippen LogP contribution in [-0.2, 0) is 37.7 Å². The van der Waals surface area contributed by atoms with Crippen LogP contribution in [0.2, 0.25) is 0 Å². The van der Waals surface area contributed by atoms with E-state index in [1.54, 1.807) is 18.2 Å². The van der Waals surface area contributed by atoms with Gasteiger partial charge in [0.05, 0.1) is 0 Å². The number of fused-ring (bicyclic) bond motifs is 2. The molecule has 35 heavy (non-hydrogen) atoms. The molecule has 9 nitrogen and oxygen atoms in total. The highest BCUT2D eigenvalue weighted by Gasteiger charge is 2.59. The molecule has 0 radical (unpaired) electrons. The smallest absolute Gasteiger partial charge is 0.318 e. The minimum Gasteiger partial charge on any atom is -0.341 e. The summed E-state index contributed by atoms with van der Waals surface area (Å²) in [5.41, 5.74) is 0.939. The van der Waals surface area contributed by atoms with Gasteiger partial charge in [-0.2, -0.15) is 0 Å². The number of rotatable bonds is 6. The molecule has 2 N–H and O–H groups in total. The van der Waals surface area contributed by atoms with Gasteiger partial charge in [-0.05, 0) is 42.5 Å². The van der Waals surface area contributed by atoms with Gasteiger partial charge in [0.25, 0.3) is 5.91 Å². The van der Waals surface area contributed by atoms with Crippen molar-refractivity contribution in [1.29, 1.82) is 0 Å². The first-order chi connectivity index (χ1) is 16.9. The van der Waals surface area contributed by atoms with Gasteiger partial charge in [0.15, 0.2) is 5.78 Å². The lowest BCUT2D eigenvalue weighted by Crippen LogP contribution is -2.49. The first-order valence-electron chi connectivity index (χ1n) is 11.8. The van der Waals surface area contributed by atoms with Gasteiger partial charge in [-0.1, -0.05) is 36.4 Å². The van der Waals surface area contributed by atoms with Crippen LogP contribution < -0.4 is 10.6 Å². The van der Waals surface area contributed by atoms with Gasteiger partial charge < -0.3 is 25.2 Å². The number of nitrogens with zero attached hydrogens (tertiary/aromatic N) is 2. The largest absolute Gasteiger partial charge is 0.341 e. The van der Waals surface area contributed by atoms with E-state index in [1.165, 1.54) is 11.9 Å². The summed E-state index contributed by atoms with van der Waals surface area (Å²) in [4.78, 5) is 54.7. The van der Waals surface area contributed by atoms with E-state index in [0.29, 0.717) is 23.4 Å². The van der Waals surface area contributed by atoms with Crippen molar-refractivity contribution >= 4 is 29.3 Å². The number of Topliss-reactive ketones (excluding diaryl/α,β-unsaturated/α-hetero) is 1. The number of hydrogen-bond donors (Lipinski definition) is 2. The minimum absolute atomic E-state index is 0.0222. The van der Waals surface area contributed by atoms with Gasteiger partial charge in [-0.25, -0.2) is 4.79 Å². The zero-order valence-electron chi connectivity index (χ0n) is 19.6. The molecule has 2 aliphatic carbocycles. The summed E-state index contributed by atoms with van der Waals surface area (Å²) in [6.45, 7) is 0.224. The lowest BCUT2D eigenvalue weighted by Gasteiger charge is -2.38. The molecule has 1 saturated carbocycles. The van der Waals surface area contributed by atoms with Crippen molar-refractivity contribution in [3.63, 3.8) is 0 Å². The molecule has 182 valence electrons. The molecule has 2 aromatic carbocycles. The molecular formula is C26H28N4O5. The summed E-state index contributed by atoms with van der Waals surface area (Å²) in [5, 5.41) is 5.14. The number of ketones is 1. The van der Waals surface area contributed by atoms with Crippen molar-refractivity contribution in [1.82, 2.24) is 15.1 Å². The molecule has 4 amide bonds. The second-order valence-electron chi connectivity index (χ2n) is 9.23. The molecule has 0 bridgehead atoms. The number of amides is 4. The number of carbonyl (C=O) groups excluding carboxylic acids is 4. The Balaban J connectivity index is 1.33. The fraction of sp³-hybridized carbons (Fsp3) is 0.385. The van der Waals surface area contributed by atoms with E-state index in [1.807, 2.05) is 35.2 Å². The van der Waals surface area contributed by atoms with Crippen LogP contribution in [0.1, 0.15) is 36.0 Å². The van der Waals surface area contributed by atoms with Crippen molar-refractivity contribution in [3.8, 4) is 0 Å². The summed E-state index contributed by atoms with van der Waals surface area (Å²) in [7, 11) is 1.51. The summed E-state index contributed by atoms with van der Waals surface area (Å²) in [6.07, 6.45) is 3.00. The van der Waals surface area contributed by atoms with Crippen molar-refractivity contribution in [2.45, 2.75) is 43.9 Å². The highest BCUT2D eigenvalue weighted by Crippen LogP contribution is 2.43. The molecule has 9 heteroatoms. The Hall–Kier alpha value is -3.72. The Morgan fingerprint density at radius 1 is 1.14 bits per heavy atom. The molecule has 1 heterocycles. The normalized spacial score (nSPS) is 21.1. The maximum absolute atomic E-state index is 13.5. The zero-order valence-corrected chi connectivity index (χ0v) is 19.6. The summed E-state index contributed by atoms with van der Waals surface area (Å²) in [5.74, 6) is -1.01. The van der Waals surface area contributed by atoms with Crippen LogP contribution in [0.15, 0.2) is 48.5 Å². The van der Waals surface area contributed by atoms with Crippen molar-refractivity contribution < 1.29 is 23.9 Å². The van der Waals surface area contributed by atoms with E-state index >= 15 is 0 Å². The first-order valence-corrected chi connectivity index (χ1v) is 11.8. The molecule has 0 unspecified atom stereocenters. The molecule has 1 saturated heterocycles. The van der Waals surface area contributed by atoms with Crippen LogP contribution >= 0.6 is 0 Å². The van der Waals surface area contributed by atoms with Crippen LogP contribution in [0, 0.1) is 0 Å². The number of urea groups is 1. The van der Waals surface area contributed by atoms with Crippen molar-refractivity contribution in [2.75, 3.05) is 25.6 Å². The number of carbonyl (C=O) groups is 4. The second kappa shape index (κ2) is 9.14. The Morgan fingerprint density at radius 2 is 1.91 bits per heavy atom. The quantitative estimate of drug-likeness (QED) is 0.622. The number of benzene rings is 2. The zero-order chi connectivity index (χ0) is 24.6. The molecule has 2 aromatic rings. The minimum atomic E-state index is -1.72. The third kappa shape index (κ3) is 4.05. The molecule has 1 aliphatic heterocycles. The maximum Gasteiger partial charge on any atom is 0.318 e. The van der Waals surface area contributed by atoms with Crippen LogP contribution in [0.3, 0.4) is 0 Å². The molecule has 5 rings (SSSR count). The number of nitrogens with one attached hydrogen (secondary N) is 2. The van der Waals surface area contributed by atoms with E-state index in [2.05, 4.69) is 10.6 Å². The third-order valence-corrected chi connectivity index (χ3v) is 7.10. The maximum atomic E-state index is 13.5. The van der Waals surface area contributed by atoms with Gasteiger partial charge in [-0.15, -0.1) is 0 Å². The average molecular weight is 477 g/mol. The van der Waals surface area contributed by atoms with Crippen LogP contribution in [-0.4, -0.2) is 59.8 Å². The summed E-state index contributed by atoms with van der Waals surface area (Å²) >= 11 is 0. The monoisotopic (exact) mass is 476 g/mol. The van der Waals surface area contributed by atoms with Crippen LogP contribution in [0.4, 0.5) is 10.5 Å². The lowest BCUT2D eigenvalue weighted by atomic mass is 9.91. The van der Waals surface area contributed by atoms with E-state index in [-0.39, 0.29) is 43.5 Å². The number of hydrogen-bond acceptors (Lipinski definition) is 5. The predicted octanol–water partition coefficient (Wildman–Crippen LogP) is 2.16. The summed E-state index contributed by atoms with van der Waals surface area (Å²) in [6, 6.07) is 14.5. The van der Waals surface area contributed by atoms with E-state index in [4.69, 9.17) is 4.74 Å². The van der Waals surface area contributed by atoms with Gasteiger partial charge in [0.1, 0.15) is 13.3 Å². The van der Waals surface area contributed by atoms with E-state index in [0.717, 1.165) is 24.8 Å². The van der Waals surface area contributed by atoms with Gasteiger partial charge in [-0.3, -0.25) is 14.4 Å². The topological polar surface area (TPSA) is 108 Å². The fourth-order valence-electron chi connectivity index (χ4n) is 4.98. The van der Waals surface area contributed by atoms with E-state index < -0.39 is 11.5 Å². The molecule has 1 spiro atoms. The highest BCUT2D eigenvalue weighted by molar-refractivity contribution is 6.15. The van der Waals surface area contributed by atoms with Crippen LogP contribution in [0.5, 0.6) is 0 Å². The van der Waals surface area contributed by atoms with E-state index in [9.17, 15) is 19.2 Å². The second-order valence-corrected chi connectivity index (χ2v) is 9.23. The average Bonchev–Trinajstić information content (AvgIpc) is 3.29. The van der Waals surface area contributed by atoms with Crippen LogP contribution in [0.25, 0.3) is 0 Å². The van der Waals surface area contributed by atoms with Crippen molar-refractivity contribution in [3.05, 3.63) is 65.2 Å². The number of ether oxygens (including phenoxy) is 1. The first kappa shape index (κ1) is 23.0. The van der Waals surface area contributed by atoms with Gasteiger partial charge in [0, 0.05) is 37.3 Å². The fourth-order valence-corrected chi connectivity index (χ4v) is 4.98. The number of anilines is 1. The molecule has 3 aliphatic rings. The predicted molar refractivity (Wildman–Crippen MR) is 127 cm³/mol. The summed E-state index contributed by atoms with van der Waals surface area (Å²) < 4.78 is 5.86. The molecular weight excluding hydrogens is 448 g/mol. The Labute approximate surface area is 203 Å². The molecule has 0 aromatic heterocycles. The highest BCUT2D eigenvalue weighted by atomic mass is 16.5. The Bertz CT molecular complexity index is 1180. The van der Waals surface area contributed by atoms with Gasteiger partial charge >= 0.3 is 6.03 Å². The van der Waals surface area contributed by atoms with Crippen molar-refractivity contribution in [2.24, 2.45) is 0 Å². The molecule has 1 atom stereocenters. The lowest BCUT2D eigenvalue weighted by molar-refractivity contribution is -0.150. The Kier molecular flexibility index (Phi) is 6.02. The third-order valence-electron chi connectivity index (χ3n) is 7.10. The standard InChI is InChI=1S/C26H28N4O5/c1-27-25(34)28-19-10-11-21-18(12-19)13-22(31)26(21)24(33)29(16-35-26)15-23(32)30(20-8-5-9-20)14-17-6-3-2-4-7-17/h2-4,6-7,10-12,20H,5,8-9,13-16H2,1H3,(H2,27,28,34)/t26-/m1/s1. The Morgan fingerprint density at radius 3 is 2.60 bits per heavy atom. The molecule has 2 fully saturated rings. The SMILES string of the molecule is CNC(=O)Nc1ccc2c(c1)CC(=O)[C@]21OCN(CC(=O)N(Cc2ccccc2)C2CCC2)C1=O. The van der Waals surface area contributed by atoms with Gasteiger partial charge in [0.2, 0.25) is 11.5 Å².